The smallest absolute Gasteiger partial charge is 0.335 e. The number of halogens is 1. The summed E-state index contributed by atoms with van der Waals surface area (Å²) in [4.78, 5) is 39.6. The fourth-order valence-electron chi connectivity index (χ4n) is 4.13. The minimum Gasteiger partial charge on any atom is -0.478 e. The first kappa shape index (κ1) is 29.8. The predicted octanol–water partition coefficient (Wildman–Crippen LogP) is 6.07. The van der Waals surface area contributed by atoms with Crippen molar-refractivity contribution in [3.63, 3.8) is 0 Å². The van der Waals surface area contributed by atoms with Crippen LogP contribution in [0.3, 0.4) is 0 Å². The molecule has 0 aliphatic carbocycles. The van der Waals surface area contributed by atoms with E-state index in [2.05, 4.69) is 34.6 Å². The van der Waals surface area contributed by atoms with Crippen LogP contribution in [0.15, 0.2) is 100 Å². The average molecular weight is 585 g/mol. The molecule has 0 bridgehead atoms. The molecule has 0 spiro atoms. The van der Waals surface area contributed by atoms with Gasteiger partial charge in [0.2, 0.25) is 0 Å². The number of nitrogens with zero attached hydrogens (tertiary/aromatic N) is 2. The molecule has 9 nitrogen and oxygen atoms in total. The molecule has 0 saturated carbocycles. The zero-order chi connectivity index (χ0) is 30.1. The molecule has 0 unspecified atom stereocenters. The lowest BCUT2D eigenvalue weighted by atomic mass is 10.1. The van der Waals surface area contributed by atoms with Crippen LogP contribution in [0.25, 0.3) is 17.4 Å². The van der Waals surface area contributed by atoms with Crippen molar-refractivity contribution in [3.05, 3.63) is 118 Å². The van der Waals surface area contributed by atoms with Crippen LogP contribution in [0.2, 0.25) is 5.02 Å². The highest BCUT2D eigenvalue weighted by atomic mass is 35.5. The number of carbonyl (C=O) groups excluding carboxylic acids is 2. The van der Waals surface area contributed by atoms with Gasteiger partial charge in [-0.15, -0.1) is 0 Å². The number of anilines is 1. The average Bonchev–Trinajstić information content (AvgIpc) is 3.47. The van der Waals surface area contributed by atoms with E-state index in [1.54, 1.807) is 54.6 Å². The maximum atomic E-state index is 13.2. The molecule has 0 atom stereocenters. The van der Waals surface area contributed by atoms with Crippen molar-refractivity contribution in [1.82, 2.24) is 10.7 Å². The highest BCUT2D eigenvalue weighted by molar-refractivity contribution is 6.34. The number of hydrazone groups is 1. The lowest BCUT2D eigenvalue weighted by Crippen LogP contribution is -2.33. The predicted molar refractivity (Wildman–Crippen MR) is 164 cm³/mol. The van der Waals surface area contributed by atoms with Crippen LogP contribution < -0.4 is 15.6 Å². The quantitative estimate of drug-likeness (QED) is 0.112. The zero-order valence-corrected chi connectivity index (χ0v) is 23.8. The third-order valence-electron chi connectivity index (χ3n) is 6.32. The van der Waals surface area contributed by atoms with Crippen molar-refractivity contribution >= 4 is 47.4 Å². The first-order valence-electron chi connectivity index (χ1n) is 13.2. The number of carboxylic acid groups (broad SMARTS) is 1. The van der Waals surface area contributed by atoms with E-state index in [1.807, 2.05) is 24.3 Å². The second-order valence-electron chi connectivity index (χ2n) is 9.04. The molecule has 2 amide bonds. The maximum Gasteiger partial charge on any atom is 0.335 e. The van der Waals surface area contributed by atoms with E-state index in [9.17, 15) is 19.5 Å². The van der Waals surface area contributed by atoms with Gasteiger partial charge in [0, 0.05) is 24.3 Å². The molecule has 1 heterocycles. The Morgan fingerprint density at radius 2 is 1.69 bits per heavy atom. The SMILES string of the molecule is CCN(CC)c1ccc(/C=C(/NC(=O)c2ccccc2Cl)C(=O)N/N=C/c2ccc(-c3cccc(C(=O)O)c3)o2)cc1. The third kappa shape index (κ3) is 7.52. The van der Waals surface area contributed by atoms with Gasteiger partial charge in [0.25, 0.3) is 11.8 Å². The Bertz CT molecular complexity index is 1640. The van der Waals surface area contributed by atoms with Crippen LogP contribution in [0.5, 0.6) is 0 Å². The number of hydrogen-bond acceptors (Lipinski definition) is 6. The number of aromatic carboxylic acids is 1. The van der Waals surface area contributed by atoms with Crippen LogP contribution >= 0.6 is 11.6 Å². The molecule has 10 heteroatoms. The number of benzene rings is 3. The minimum absolute atomic E-state index is 0.0433. The number of carboxylic acids is 1. The highest BCUT2D eigenvalue weighted by Gasteiger charge is 2.17. The Hall–Kier alpha value is -5.15. The fourth-order valence-corrected chi connectivity index (χ4v) is 4.35. The summed E-state index contributed by atoms with van der Waals surface area (Å²) in [6.07, 6.45) is 2.85. The number of furan rings is 1. The van der Waals surface area contributed by atoms with Crippen molar-refractivity contribution in [2.24, 2.45) is 5.10 Å². The van der Waals surface area contributed by atoms with Gasteiger partial charge < -0.3 is 19.7 Å². The largest absolute Gasteiger partial charge is 0.478 e. The van der Waals surface area contributed by atoms with E-state index < -0.39 is 17.8 Å². The van der Waals surface area contributed by atoms with Crippen LogP contribution in [0, 0.1) is 0 Å². The first-order chi connectivity index (χ1) is 20.3. The lowest BCUT2D eigenvalue weighted by Gasteiger charge is -2.21. The third-order valence-corrected chi connectivity index (χ3v) is 6.65. The topological polar surface area (TPSA) is 124 Å². The Morgan fingerprint density at radius 3 is 2.38 bits per heavy atom. The van der Waals surface area contributed by atoms with Gasteiger partial charge in [0.15, 0.2) is 0 Å². The molecule has 42 heavy (non-hydrogen) atoms. The van der Waals surface area contributed by atoms with E-state index in [4.69, 9.17) is 16.0 Å². The molecule has 4 rings (SSSR count). The molecule has 0 aliphatic heterocycles. The summed E-state index contributed by atoms with van der Waals surface area (Å²) in [6, 6.07) is 23.8. The first-order valence-corrected chi connectivity index (χ1v) is 13.6. The Balaban J connectivity index is 1.53. The highest BCUT2D eigenvalue weighted by Crippen LogP contribution is 2.23. The van der Waals surface area contributed by atoms with Gasteiger partial charge in [0.05, 0.1) is 22.4 Å². The molecule has 0 saturated heterocycles. The van der Waals surface area contributed by atoms with Crippen molar-refractivity contribution < 1.29 is 23.9 Å². The number of carbonyl (C=O) groups is 3. The number of rotatable bonds is 11. The molecular formula is C32H29ClN4O5. The van der Waals surface area contributed by atoms with Crippen LogP contribution in [0.4, 0.5) is 5.69 Å². The molecule has 0 fully saturated rings. The number of hydrogen-bond donors (Lipinski definition) is 3. The van der Waals surface area contributed by atoms with E-state index in [-0.39, 0.29) is 21.8 Å². The van der Waals surface area contributed by atoms with Crippen molar-refractivity contribution in [1.29, 1.82) is 0 Å². The number of amides is 2. The Morgan fingerprint density at radius 1 is 0.952 bits per heavy atom. The summed E-state index contributed by atoms with van der Waals surface area (Å²) in [5.74, 6) is -1.50. The molecule has 1 aromatic heterocycles. The van der Waals surface area contributed by atoms with Crippen molar-refractivity contribution in [2.45, 2.75) is 13.8 Å². The van der Waals surface area contributed by atoms with Gasteiger partial charge in [-0.05, 0) is 74.0 Å². The molecule has 3 aromatic carbocycles. The zero-order valence-electron chi connectivity index (χ0n) is 23.0. The van der Waals surface area contributed by atoms with Crippen LogP contribution in [-0.2, 0) is 4.79 Å². The van der Waals surface area contributed by atoms with E-state index in [0.717, 1.165) is 18.8 Å². The summed E-state index contributed by atoms with van der Waals surface area (Å²) in [7, 11) is 0. The Labute approximate surface area is 248 Å². The molecular weight excluding hydrogens is 556 g/mol. The van der Waals surface area contributed by atoms with Gasteiger partial charge in [-0.1, -0.05) is 48.0 Å². The van der Waals surface area contributed by atoms with Crippen LogP contribution in [-0.4, -0.2) is 42.2 Å². The molecule has 4 aromatic rings. The van der Waals surface area contributed by atoms with Crippen molar-refractivity contribution in [2.75, 3.05) is 18.0 Å². The van der Waals surface area contributed by atoms with E-state index in [0.29, 0.717) is 22.6 Å². The second kappa shape index (κ2) is 14.0. The maximum absolute atomic E-state index is 13.2. The monoisotopic (exact) mass is 584 g/mol. The van der Waals surface area contributed by atoms with Gasteiger partial charge in [-0.3, -0.25) is 9.59 Å². The summed E-state index contributed by atoms with van der Waals surface area (Å²) in [5.41, 5.74) is 5.03. The molecule has 3 N–H and O–H groups in total. The van der Waals surface area contributed by atoms with Crippen molar-refractivity contribution in [3.8, 4) is 11.3 Å². The lowest BCUT2D eigenvalue weighted by molar-refractivity contribution is -0.117. The summed E-state index contributed by atoms with van der Waals surface area (Å²) < 4.78 is 5.73. The van der Waals surface area contributed by atoms with Gasteiger partial charge in [-0.25, -0.2) is 10.2 Å². The summed E-state index contributed by atoms with van der Waals surface area (Å²) >= 11 is 6.19. The summed E-state index contributed by atoms with van der Waals surface area (Å²) in [6.45, 7) is 5.87. The summed E-state index contributed by atoms with van der Waals surface area (Å²) in [5, 5.41) is 16.1. The van der Waals surface area contributed by atoms with Gasteiger partial charge in [0.1, 0.15) is 17.2 Å². The van der Waals surface area contributed by atoms with Crippen LogP contribution in [0.1, 0.15) is 45.9 Å². The fraction of sp³-hybridized carbons (Fsp3) is 0.125. The van der Waals surface area contributed by atoms with E-state index in [1.165, 1.54) is 18.3 Å². The normalized spacial score (nSPS) is 11.4. The Kier molecular flexibility index (Phi) is 9.91. The number of nitrogens with one attached hydrogen (secondary N) is 2. The second-order valence-corrected chi connectivity index (χ2v) is 9.45. The molecule has 214 valence electrons. The van der Waals surface area contributed by atoms with E-state index >= 15 is 0 Å². The van der Waals surface area contributed by atoms with Gasteiger partial charge in [-0.2, -0.15) is 5.10 Å². The molecule has 0 aliphatic rings. The van der Waals surface area contributed by atoms with Gasteiger partial charge >= 0.3 is 5.97 Å². The molecule has 0 radical (unpaired) electrons. The standard InChI is InChI=1S/C32H29ClN4O5/c1-3-37(4-2)24-14-12-21(13-15-24)18-28(35-30(38)26-10-5-6-11-27(26)33)31(39)36-34-20-25-16-17-29(42-25)22-8-7-9-23(19-22)32(40)41/h5-20H,3-4H2,1-2H3,(H,35,38)(H,36,39)(H,40,41)/b28-18+,34-20+. The minimum atomic E-state index is -1.04.